The lowest BCUT2D eigenvalue weighted by Crippen LogP contribution is -2.52. The molecule has 5 rings (SSSR count). The van der Waals surface area contributed by atoms with Gasteiger partial charge in [0.1, 0.15) is 6.04 Å². The molecular formula is C24H21F3N4O4. The highest BCUT2D eigenvalue weighted by molar-refractivity contribution is 6.06. The first kappa shape index (κ1) is 22.9. The Labute approximate surface area is 198 Å². The highest BCUT2D eigenvalue weighted by Crippen LogP contribution is 2.40. The van der Waals surface area contributed by atoms with Crippen molar-refractivity contribution < 1.29 is 32.3 Å². The van der Waals surface area contributed by atoms with Crippen molar-refractivity contribution >= 4 is 29.4 Å². The fourth-order valence-electron chi connectivity index (χ4n) is 4.94. The third-order valence-corrected chi connectivity index (χ3v) is 6.60. The van der Waals surface area contributed by atoms with E-state index in [-0.39, 0.29) is 49.9 Å². The summed E-state index contributed by atoms with van der Waals surface area (Å²) in [7, 11) is 0. The van der Waals surface area contributed by atoms with Crippen molar-refractivity contribution in [1.29, 1.82) is 0 Å². The number of hydrogen-bond donors (Lipinski definition) is 1. The van der Waals surface area contributed by atoms with Crippen LogP contribution < -0.4 is 10.2 Å². The van der Waals surface area contributed by atoms with E-state index in [1.807, 2.05) is 0 Å². The van der Waals surface area contributed by atoms with Crippen molar-refractivity contribution in [1.82, 2.24) is 15.1 Å². The first-order valence-electron chi connectivity index (χ1n) is 11.1. The van der Waals surface area contributed by atoms with Gasteiger partial charge in [-0.2, -0.15) is 13.2 Å². The maximum absolute atomic E-state index is 14.0. The average molecular weight is 486 g/mol. The normalized spacial score (nSPS) is 21.5. The van der Waals surface area contributed by atoms with Crippen molar-refractivity contribution in [2.24, 2.45) is 0 Å². The summed E-state index contributed by atoms with van der Waals surface area (Å²) in [5.74, 6) is -1.29. The smallest absolute Gasteiger partial charge is 0.322 e. The van der Waals surface area contributed by atoms with Gasteiger partial charge in [-0.05, 0) is 35.7 Å². The number of nitrogens with one attached hydrogen (secondary N) is 1. The lowest BCUT2D eigenvalue weighted by molar-refractivity contribution is -0.176. The number of urea groups is 1. The molecule has 35 heavy (non-hydrogen) atoms. The molecule has 2 fully saturated rings. The predicted octanol–water partition coefficient (Wildman–Crippen LogP) is 2.99. The summed E-state index contributed by atoms with van der Waals surface area (Å²) in [6.45, 7) is 0.0490. The molecule has 3 aliphatic rings. The molecule has 0 spiro atoms. The van der Waals surface area contributed by atoms with E-state index in [1.165, 1.54) is 46.2 Å². The fourth-order valence-corrected chi connectivity index (χ4v) is 4.94. The molecule has 8 nitrogen and oxygen atoms in total. The molecule has 11 heteroatoms. The van der Waals surface area contributed by atoms with Crippen LogP contribution >= 0.6 is 0 Å². The minimum absolute atomic E-state index is 0.0189. The van der Waals surface area contributed by atoms with Gasteiger partial charge in [-0.1, -0.05) is 30.3 Å². The molecular weight excluding hydrogens is 465 g/mol. The number of carbonyl (C=O) groups is 4. The number of fused-ring (bicyclic) bond motifs is 1. The SMILES string of the molecule is O=C1CCC(N2Cc3cc(N4CCN(C(c5ccccc5)C(F)(F)F)C4=O)ccc3C2=O)C(=O)N1. The van der Waals surface area contributed by atoms with Gasteiger partial charge in [0.25, 0.3) is 5.91 Å². The summed E-state index contributed by atoms with van der Waals surface area (Å²) in [4.78, 5) is 53.1. The number of hydrogen-bond acceptors (Lipinski definition) is 4. The molecule has 1 N–H and O–H groups in total. The van der Waals surface area contributed by atoms with Gasteiger partial charge in [-0.15, -0.1) is 0 Å². The van der Waals surface area contributed by atoms with Crippen LogP contribution in [-0.2, 0) is 16.1 Å². The largest absolute Gasteiger partial charge is 0.413 e. The minimum atomic E-state index is -4.65. The van der Waals surface area contributed by atoms with Crippen molar-refractivity contribution in [2.45, 2.75) is 37.6 Å². The number of imide groups is 1. The molecule has 0 saturated carbocycles. The van der Waals surface area contributed by atoms with Crippen LogP contribution in [0.3, 0.4) is 0 Å². The van der Waals surface area contributed by atoms with Crippen molar-refractivity contribution in [2.75, 3.05) is 18.0 Å². The number of piperidine rings is 1. The second-order valence-electron chi connectivity index (χ2n) is 8.72. The lowest BCUT2D eigenvalue weighted by Gasteiger charge is -2.30. The van der Waals surface area contributed by atoms with E-state index in [9.17, 15) is 32.3 Å². The predicted molar refractivity (Wildman–Crippen MR) is 117 cm³/mol. The Kier molecular flexibility index (Phi) is 5.49. The van der Waals surface area contributed by atoms with Crippen LogP contribution in [0.4, 0.5) is 23.7 Å². The van der Waals surface area contributed by atoms with E-state index in [0.29, 0.717) is 16.8 Å². The third kappa shape index (κ3) is 4.00. The zero-order valence-electron chi connectivity index (χ0n) is 18.4. The number of amides is 5. The van der Waals surface area contributed by atoms with Crippen LogP contribution in [0.5, 0.6) is 0 Å². The first-order valence-corrected chi connectivity index (χ1v) is 11.1. The van der Waals surface area contributed by atoms with Crippen molar-refractivity contribution in [3.8, 4) is 0 Å². The maximum Gasteiger partial charge on any atom is 0.413 e. The van der Waals surface area contributed by atoms with Crippen LogP contribution in [0.25, 0.3) is 0 Å². The molecule has 5 amide bonds. The number of alkyl halides is 3. The van der Waals surface area contributed by atoms with Crippen molar-refractivity contribution in [3.05, 3.63) is 65.2 Å². The third-order valence-electron chi connectivity index (χ3n) is 6.60. The van der Waals surface area contributed by atoms with Gasteiger partial charge in [0.15, 0.2) is 6.04 Å². The Balaban J connectivity index is 1.38. The fraction of sp³-hybridized carbons (Fsp3) is 0.333. The Morgan fingerprint density at radius 3 is 2.40 bits per heavy atom. The molecule has 2 saturated heterocycles. The van der Waals surface area contributed by atoms with Crippen molar-refractivity contribution in [3.63, 3.8) is 0 Å². The second-order valence-corrected chi connectivity index (χ2v) is 8.72. The number of benzene rings is 2. The Hall–Kier alpha value is -3.89. The lowest BCUT2D eigenvalue weighted by atomic mass is 10.0. The Morgan fingerprint density at radius 2 is 1.71 bits per heavy atom. The summed E-state index contributed by atoms with van der Waals surface area (Å²) >= 11 is 0. The molecule has 0 bridgehead atoms. The highest BCUT2D eigenvalue weighted by atomic mass is 19.4. The zero-order chi connectivity index (χ0) is 24.9. The van der Waals surface area contributed by atoms with Crippen LogP contribution in [0.2, 0.25) is 0 Å². The molecule has 2 aromatic rings. The summed E-state index contributed by atoms with van der Waals surface area (Å²) in [5.41, 5.74) is 1.29. The number of carbonyl (C=O) groups excluding carboxylic acids is 4. The van der Waals surface area contributed by atoms with Crippen LogP contribution in [0.15, 0.2) is 48.5 Å². The number of anilines is 1. The molecule has 3 heterocycles. The van der Waals surface area contributed by atoms with E-state index in [1.54, 1.807) is 12.1 Å². The highest BCUT2D eigenvalue weighted by Gasteiger charge is 2.49. The molecule has 2 aromatic carbocycles. The Morgan fingerprint density at radius 1 is 0.971 bits per heavy atom. The van der Waals surface area contributed by atoms with Gasteiger partial charge in [0.05, 0.1) is 0 Å². The molecule has 0 aromatic heterocycles. The first-order chi connectivity index (χ1) is 16.6. The van der Waals surface area contributed by atoms with Gasteiger partial charge in [-0.3, -0.25) is 24.6 Å². The van der Waals surface area contributed by atoms with Crippen LogP contribution in [-0.4, -0.2) is 58.9 Å². The van der Waals surface area contributed by atoms with Gasteiger partial charge >= 0.3 is 12.2 Å². The number of rotatable bonds is 4. The van der Waals surface area contributed by atoms with Gasteiger partial charge in [0.2, 0.25) is 11.8 Å². The van der Waals surface area contributed by atoms with E-state index in [4.69, 9.17) is 0 Å². The summed E-state index contributed by atoms with van der Waals surface area (Å²) in [6.07, 6.45) is -4.31. The van der Waals surface area contributed by atoms with Gasteiger partial charge < -0.3 is 9.80 Å². The molecule has 182 valence electrons. The monoisotopic (exact) mass is 486 g/mol. The topological polar surface area (TPSA) is 90.0 Å². The number of halogens is 3. The van der Waals surface area contributed by atoms with E-state index < -0.39 is 30.2 Å². The molecule has 0 radical (unpaired) electrons. The minimum Gasteiger partial charge on any atom is -0.322 e. The molecule has 2 atom stereocenters. The molecule has 2 unspecified atom stereocenters. The second kappa shape index (κ2) is 8.40. The van der Waals surface area contributed by atoms with Gasteiger partial charge in [-0.25, -0.2) is 4.79 Å². The Bertz CT molecular complexity index is 1220. The number of nitrogens with zero attached hydrogens (tertiary/aromatic N) is 3. The summed E-state index contributed by atoms with van der Waals surface area (Å²) < 4.78 is 41.9. The summed E-state index contributed by atoms with van der Waals surface area (Å²) in [6, 6.07) is 8.32. The van der Waals surface area contributed by atoms with E-state index >= 15 is 0 Å². The quantitative estimate of drug-likeness (QED) is 0.673. The van der Waals surface area contributed by atoms with E-state index in [0.717, 1.165) is 4.90 Å². The zero-order valence-corrected chi connectivity index (χ0v) is 18.4. The van der Waals surface area contributed by atoms with Crippen LogP contribution in [0.1, 0.15) is 40.4 Å². The van der Waals surface area contributed by atoms with Crippen LogP contribution in [0, 0.1) is 0 Å². The van der Waals surface area contributed by atoms with Gasteiger partial charge in [0, 0.05) is 37.3 Å². The maximum atomic E-state index is 14.0. The summed E-state index contributed by atoms with van der Waals surface area (Å²) in [5, 5.41) is 2.23. The standard InChI is InChI=1S/C24H21F3N4O4/c25-24(26,27)20(14-4-2-1-3-5-14)30-11-10-29(23(30)35)16-6-7-17-15(12-16)13-31(22(17)34)18-8-9-19(32)28-21(18)33/h1-7,12,18,20H,8-11,13H2,(H,28,32,33). The average Bonchev–Trinajstić information content (AvgIpc) is 3.33. The molecule has 0 aliphatic carbocycles. The molecule has 3 aliphatic heterocycles. The van der Waals surface area contributed by atoms with E-state index in [2.05, 4.69) is 5.32 Å².